The van der Waals surface area contributed by atoms with Crippen LogP contribution in [0.5, 0.6) is 0 Å². The Kier molecular flexibility index (Phi) is 3.60. The first kappa shape index (κ1) is 14.4. The summed E-state index contributed by atoms with van der Waals surface area (Å²) in [4.78, 5) is 0. The Morgan fingerprint density at radius 3 is 2.00 bits per heavy atom. The molecule has 1 rings (SSSR count). The van der Waals surface area contributed by atoms with E-state index in [0.717, 1.165) is 6.07 Å². The monoisotopic (exact) mass is 288 g/mol. The zero-order valence-corrected chi connectivity index (χ0v) is 9.02. The molecule has 0 aliphatic heterocycles. The zero-order chi connectivity index (χ0) is 14.1. The van der Waals surface area contributed by atoms with Crippen LogP contribution in [0, 0.1) is 11.6 Å². The maximum absolute atomic E-state index is 13.0. The molecule has 0 aliphatic carbocycles. The van der Waals surface area contributed by atoms with E-state index in [1.807, 2.05) is 0 Å². The number of alkyl halides is 3. The predicted octanol–water partition coefficient (Wildman–Crippen LogP) is 0.921. The number of benzene rings is 1. The Morgan fingerprint density at radius 1 is 1.17 bits per heavy atom. The van der Waals surface area contributed by atoms with Gasteiger partial charge in [0.2, 0.25) is 0 Å². The summed E-state index contributed by atoms with van der Waals surface area (Å²) in [5.41, 5.74) is -7.28. The van der Waals surface area contributed by atoms with Gasteiger partial charge in [-0.3, -0.25) is 0 Å². The number of sulfonamides is 1. The lowest BCUT2D eigenvalue weighted by Crippen LogP contribution is -2.28. The van der Waals surface area contributed by atoms with Crippen molar-refractivity contribution in [3.05, 3.63) is 35.4 Å². The third-order valence-electron chi connectivity index (χ3n) is 1.67. The van der Waals surface area contributed by atoms with Crippen LogP contribution < -0.4 is 5.11 Å². The number of halogens is 5. The molecular formula is C8H3F5NO3S-. The van der Waals surface area contributed by atoms with Gasteiger partial charge in [0.15, 0.2) is 0 Å². The molecule has 10 heteroatoms. The number of hydrogen-bond donors (Lipinski definition) is 0. The molecule has 18 heavy (non-hydrogen) atoms. The largest absolute Gasteiger partial charge is 0.857 e. The molecule has 0 bridgehead atoms. The average Bonchev–Trinajstić information content (AvgIpc) is 2.14. The van der Waals surface area contributed by atoms with E-state index in [0.29, 0.717) is 12.1 Å². The van der Waals surface area contributed by atoms with Crippen molar-refractivity contribution < 1.29 is 35.5 Å². The summed E-state index contributed by atoms with van der Waals surface area (Å²) in [6.07, 6.45) is 0. The number of hydrogen-bond acceptors (Lipinski definition) is 3. The van der Waals surface area contributed by atoms with Crippen LogP contribution >= 0.6 is 0 Å². The van der Waals surface area contributed by atoms with Crippen molar-refractivity contribution in [2.24, 2.45) is 4.40 Å². The van der Waals surface area contributed by atoms with E-state index in [1.165, 1.54) is 0 Å². The van der Waals surface area contributed by atoms with Crippen LogP contribution in [0.15, 0.2) is 22.6 Å². The number of nitrogens with zero attached hydrogens (tertiary/aromatic N) is 1. The standard InChI is InChI=1S/C8H4F5NO3S/c9-4-2-1-3-5(10)6(4)7(15)14-18(16,17)8(11,12)13/h1-3H,(H,14,15)/p-1. The summed E-state index contributed by atoms with van der Waals surface area (Å²) < 4.78 is 84.4. The van der Waals surface area contributed by atoms with E-state index < -0.39 is 38.6 Å². The van der Waals surface area contributed by atoms with Gasteiger partial charge in [0, 0.05) is 5.90 Å². The van der Waals surface area contributed by atoms with E-state index in [9.17, 15) is 35.5 Å². The molecule has 4 nitrogen and oxygen atoms in total. The van der Waals surface area contributed by atoms with Crippen molar-refractivity contribution in [1.82, 2.24) is 0 Å². The summed E-state index contributed by atoms with van der Waals surface area (Å²) in [6.45, 7) is 0. The van der Waals surface area contributed by atoms with Crippen LogP contribution in [0.3, 0.4) is 0 Å². The minimum absolute atomic E-state index is 0.575. The molecule has 0 fully saturated rings. The van der Waals surface area contributed by atoms with E-state index in [4.69, 9.17) is 0 Å². The summed E-state index contributed by atoms with van der Waals surface area (Å²) in [6, 6.07) is 2.00. The fourth-order valence-electron chi connectivity index (χ4n) is 0.909. The van der Waals surface area contributed by atoms with Crippen molar-refractivity contribution in [1.29, 1.82) is 0 Å². The zero-order valence-electron chi connectivity index (χ0n) is 8.20. The molecule has 1 aromatic rings. The molecule has 0 saturated heterocycles. The van der Waals surface area contributed by atoms with Crippen LogP contribution in [-0.2, 0) is 10.0 Å². The minimum Gasteiger partial charge on any atom is -0.857 e. The van der Waals surface area contributed by atoms with Gasteiger partial charge in [0.25, 0.3) is 0 Å². The summed E-state index contributed by atoms with van der Waals surface area (Å²) in [7, 11) is -6.14. The van der Waals surface area contributed by atoms with E-state index in [1.54, 1.807) is 4.40 Å². The topological polar surface area (TPSA) is 69.6 Å². The van der Waals surface area contributed by atoms with Gasteiger partial charge < -0.3 is 5.11 Å². The van der Waals surface area contributed by atoms with Gasteiger partial charge in [-0.05, 0) is 12.1 Å². The second-order valence-electron chi connectivity index (χ2n) is 2.91. The predicted molar refractivity (Wildman–Crippen MR) is 47.9 cm³/mol. The minimum atomic E-state index is -6.14. The molecule has 0 N–H and O–H groups in total. The molecular weight excluding hydrogens is 285 g/mol. The van der Waals surface area contributed by atoms with E-state index in [-0.39, 0.29) is 0 Å². The molecule has 0 radical (unpaired) electrons. The average molecular weight is 288 g/mol. The van der Waals surface area contributed by atoms with Crippen molar-refractivity contribution in [2.45, 2.75) is 5.51 Å². The summed E-state index contributed by atoms with van der Waals surface area (Å²) in [5.74, 6) is -5.19. The lowest BCUT2D eigenvalue weighted by atomic mass is 10.2. The Balaban J connectivity index is 3.37. The molecule has 0 unspecified atom stereocenters. The van der Waals surface area contributed by atoms with Gasteiger partial charge in [-0.2, -0.15) is 26.0 Å². The Labute approximate surface area is 97.4 Å². The van der Waals surface area contributed by atoms with Gasteiger partial charge in [0.1, 0.15) is 11.6 Å². The normalized spacial score (nSPS) is 13.7. The Bertz CT molecular complexity index is 573. The van der Waals surface area contributed by atoms with Gasteiger partial charge in [-0.25, -0.2) is 8.78 Å². The molecule has 0 spiro atoms. The molecule has 0 atom stereocenters. The summed E-state index contributed by atoms with van der Waals surface area (Å²) >= 11 is 0. The van der Waals surface area contributed by atoms with Crippen molar-refractivity contribution in [2.75, 3.05) is 0 Å². The van der Waals surface area contributed by atoms with Crippen LogP contribution in [0.25, 0.3) is 0 Å². The van der Waals surface area contributed by atoms with Crippen LogP contribution in [0.4, 0.5) is 22.0 Å². The number of rotatable bonds is 2. The highest BCUT2D eigenvalue weighted by Crippen LogP contribution is 2.25. The van der Waals surface area contributed by atoms with Crippen molar-refractivity contribution >= 4 is 15.9 Å². The summed E-state index contributed by atoms with van der Waals surface area (Å²) in [5, 5.41) is 11.0. The fraction of sp³-hybridized carbons (Fsp3) is 0.125. The van der Waals surface area contributed by atoms with E-state index in [2.05, 4.69) is 0 Å². The third-order valence-corrected chi connectivity index (χ3v) is 2.66. The van der Waals surface area contributed by atoms with Crippen LogP contribution in [0.1, 0.15) is 5.56 Å². The fourth-order valence-corrected chi connectivity index (χ4v) is 1.32. The van der Waals surface area contributed by atoms with Gasteiger partial charge in [-0.15, -0.1) is 0 Å². The van der Waals surface area contributed by atoms with E-state index >= 15 is 0 Å². The highest BCUT2D eigenvalue weighted by Gasteiger charge is 2.45. The Morgan fingerprint density at radius 2 is 1.61 bits per heavy atom. The highest BCUT2D eigenvalue weighted by atomic mass is 32.2. The SMILES string of the molecule is O=S(=O)(/N=C(\[O-])c1c(F)cccc1F)C(F)(F)F. The van der Waals surface area contributed by atoms with Gasteiger partial charge >= 0.3 is 15.5 Å². The molecule has 0 heterocycles. The lowest BCUT2D eigenvalue weighted by Gasteiger charge is -2.13. The third kappa shape index (κ3) is 2.75. The first-order valence-corrected chi connectivity index (χ1v) is 5.53. The highest BCUT2D eigenvalue weighted by molar-refractivity contribution is 7.91. The molecule has 0 saturated carbocycles. The Hall–Kier alpha value is -1.71. The van der Waals surface area contributed by atoms with Gasteiger partial charge in [-0.1, -0.05) is 6.07 Å². The smallest absolute Gasteiger partial charge is 0.518 e. The maximum Gasteiger partial charge on any atom is 0.518 e. The lowest BCUT2D eigenvalue weighted by molar-refractivity contribution is -0.212. The van der Waals surface area contributed by atoms with Gasteiger partial charge in [0.05, 0.1) is 5.56 Å². The first-order valence-electron chi connectivity index (χ1n) is 4.09. The quantitative estimate of drug-likeness (QED) is 0.461. The molecule has 0 aliphatic rings. The second kappa shape index (κ2) is 4.52. The molecule has 1 aromatic carbocycles. The first-order chi connectivity index (χ1) is 8.06. The second-order valence-corrected chi connectivity index (χ2v) is 4.51. The van der Waals surface area contributed by atoms with Crippen LogP contribution in [-0.4, -0.2) is 19.8 Å². The molecule has 0 amide bonds. The molecule has 100 valence electrons. The maximum atomic E-state index is 13.0. The molecule has 0 aromatic heterocycles. The van der Waals surface area contributed by atoms with Crippen LogP contribution in [0.2, 0.25) is 0 Å². The van der Waals surface area contributed by atoms with Crippen molar-refractivity contribution in [3.63, 3.8) is 0 Å². The van der Waals surface area contributed by atoms with Crippen molar-refractivity contribution in [3.8, 4) is 0 Å².